The molecule has 2 aliphatic heterocycles. The van der Waals surface area contributed by atoms with E-state index >= 15 is 0 Å². The lowest BCUT2D eigenvalue weighted by Crippen LogP contribution is -2.50. The fraction of sp³-hybridized carbons (Fsp3) is 0.400. The van der Waals surface area contributed by atoms with Crippen molar-refractivity contribution in [2.24, 2.45) is 5.92 Å². The summed E-state index contributed by atoms with van der Waals surface area (Å²) in [6.07, 6.45) is 6.24. The van der Waals surface area contributed by atoms with Gasteiger partial charge in [-0.2, -0.15) is 0 Å². The zero-order chi connectivity index (χ0) is 13.4. The van der Waals surface area contributed by atoms with Gasteiger partial charge in [0, 0.05) is 11.6 Å². The van der Waals surface area contributed by atoms with Crippen molar-refractivity contribution in [1.82, 2.24) is 4.90 Å². The Labute approximate surface area is 112 Å². The Morgan fingerprint density at radius 1 is 1.26 bits per heavy atom. The Morgan fingerprint density at radius 3 is 2.58 bits per heavy atom. The number of nitrogen functional groups attached to an aromatic ring is 1. The van der Waals surface area contributed by atoms with Gasteiger partial charge in [-0.25, -0.2) is 4.79 Å². The first kappa shape index (κ1) is 12.1. The van der Waals surface area contributed by atoms with Crippen LogP contribution in [0.1, 0.15) is 24.4 Å². The van der Waals surface area contributed by atoms with Crippen LogP contribution >= 0.6 is 0 Å². The number of carbonyl (C=O) groups excluding carboxylic acids is 1. The number of methoxy groups -OCH3 is 1. The molecule has 4 nitrogen and oxygen atoms in total. The predicted octanol–water partition coefficient (Wildman–Crippen LogP) is 2.73. The number of nitrogens with zero attached hydrogens (tertiary/aromatic N) is 1. The number of fused-ring (bicyclic) bond motifs is 2. The minimum atomic E-state index is -0.249. The molecule has 1 amide bonds. The number of amides is 1. The summed E-state index contributed by atoms with van der Waals surface area (Å²) in [5.41, 5.74) is 7.60. The largest absolute Gasteiger partial charge is 0.453 e. The number of piperidine rings is 1. The highest BCUT2D eigenvalue weighted by Gasteiger charge is 2.42. The summed E-state index contributed by atoms with van der Waals surface area (Å²) in [7, 11) is 1.44. The molecule has 1 fully saturated rings. The lowest BCUT2D eigenvalue weighted by atomic mass is 9.77. The molecule has 3 atom stereocenters. The van der Waals surface area contributed by atoms with Crippen LogP contribution in [0.25, 0.3) is 0 Å². The molecule has 1 saturated heterocycles. The fourth-order valence-electron chi connectivity index (χ4n) is 3.19. The van der Waals surface area contributed by atoms with E-state index in [9.17, 15) is 4.79 Å². The van der Waals surface area contributed by atoms with E-state index in [0.717, 1.165) is 24.1 Å². The van der Waals surface area contributed by atoms with Crippen LogP contribution in [-0.4, -0.2) is 24.1 Å². The molecule has 1 aliphatic carbocycles. The van der Waals surface area contributed by atoms with E-state index in [1.807, 2.05) is 29.2 Å². The number of hydrogen-bond donors (Lipinski definition) is 1. The maximum Gasteiger partial charge on any atom is 0.410 e. The summed E-state index contributed by atoms with van der Waals surface area (Å²) in [5.74, 6) is 0.368. The van der Waals surface area contributed by atoms with Crippen molar-refractivity contribution in [2.45, 2.75) is 24.9 Å². The van der Waals surface area contributed by atoms with Crippen molar-refractivity contribution in [1.29, 1.82) is 0 Å². The number of anilines is 1. The summed E-state index contributed by atoms with van der Waals surface area (Å²) in [6.45, 7) is 0. The third-order valence-corrected chi connectivity index (χ3v) is 4.10. The molecular weight excluding hydrogens is 240 g/mol. The lowest BCUT2D eigenvalue weighted by Gasteiger charge is -2.47. The Balaban J connectivity index is 1.99. The van der Waals surface area contributed by atoms with E-state index in [1.165, 1.54) is 7.11 Å². The number of hydrogen-bond acceptors (Lipinski definition) is 3. The van der Waals surface area contributed by atoms with Gasteiger partial charge in [0.2, 0.25) is 0 Å². The first-order valence-corrected chi connectivity index (χ1v) is 6.61. The standard InChI is InChI=1S/C15H18N2O2/c1-19-15(18)17-13-8-4-11(5-9-13)14(17)10-2-6-12(16)7-3-10/h2-4,6-8,11,13-14H,5,9,16H2,1H3/t11-,13-,14+/m0/s1. The average Bonchev–Trinajstić information content (AvgIpc) is 2.47. The molecule has 2 heterocycles. The Morgan fingerprint density at radius 2 is 2.00 bits per heavy atom. The summed E-state index contributed by atoms with van der Waals surface area (Å²) >= 11 is 0. The highest BCUT2D eigenvalue weighted by molar-refractivity contribution is 5.70. The second-order valence-electron chi connectivity index (χ2n) is 5.18. The molecule has 4 heteroatoms. The van der Waals surface area contributed by atoms with E-state index in [2.05, 4.69) is 12.2 Å². The first-order chi connectivity index (χ1) is 9.20. The maximum absolute atomic E-state index is 12.1. The first-order valence-electron chi connectivity index (χ1n) is 6.61. The van der Waals surface area contributed by atoms with Crippen LogP contribution in [-0.2, 0) is 4.74 Å². The fourth-order valence-corrected chi connectivity index (χ4v) is 3.19. The normalized spacial score (nSPS) is 28.5. The molecule has 2 N–H and O–H groups in total. The van der Waals surface area contributed by atoms with Crippen molar-refractivity contribution in [2.75, 3.05) is 12.8 Å². The van der Waals surface area contributed by atoms with Gasteiger partial charge in [-0.1, -0.05) is 24.3 Å². The van der Waals surface area contributed by atoms with E-state index in [0.29, 0.717) is 5.92 Å². The third kappa shape index (κ3) is 1.97. The molecular formula is C15H18N2O2. The second kappa shape index (κ2) is 4.61. The SMILES string of the molecule is COC(=O)N1[C@H](c2ccc(N)cc2)[C@H]2C=C[C@H]1CC2. The number of ether oxygens (including phenoxy) is 1. The van der Waals surface area contributed by atoms with E-state index in [4.69, 9.17) is 10.5 Å². The van der Waals surface area contributed by atoms with Gasteiger partial charge in [-0.05, 0) is 30.5 Å². The molecule has 19 heavy (non-hydrogen) atoms. The van der Waals surface area contributed by atoms with Gasteiger partial charge in [0.15, 0.2) is 0 Å². The summed E-state index contributed by atoms with van der Waals surface area (Å²) in [5, 5.41) is 0. The Hall–Kier alpha value is -1.97. The number of rotatable bonds is 1. The van der Waals surface area contributed by atoms with Crippen LogP contribution in [0, 0.1) is 5.92 Å². The van der Waals surface area contributed by atoms with Crippen LogP contribution in [0.5, 0.6) is 0 Å². The van der Waals surface area contributed by atoms with Gasteiger partial charge < -0.3 is 10.5 Å². The number of carbonyl (C=O) groups is 1. The summed E-state index contributed by atoms with van der Waals surface area (Å²) in [4.78, 5) is 13.9. The minimum absolute atomic E-state index is 0.0665. The molecule has 0 spiro atoms. The highest BCUT2D eigenvalue weighted by Crippen LogP contribution is 2.44. The molecule has 4 rings (SSSR count). The van der Waals surface area contributed by atoms with Gasteiger partial charge >= 0.3 is 6.09 Å². The topological polar surface area (TPSA) is 55.6 Å². The van der Waals surface area contributed by atoms with E-state index in [1.54, 1.807) is 0 Å². The monoisotopic (exact) mass is 258 g/mol. The molecule has 0 radical (unpaired) electrons. The molecule has 1 aromatic rings. The Bertz CT molecular complexity index is 509. The molecule has 2 bridgehead atoms. The Kier molecular flexibility index (Phi) is 2.93. The third-order valence-electron chi connectivity index (χ3n) is 4.10. The van der Waals surface area contributed by atoms with Crippen molar-refractivity contribution in [3.8, 4) is 0 Å². The smallest absolute Gasteiger partial charge is 0.410 e. The van der Waals surface area contributed by atoms with Crippen molar-refractivity contribution >= 4 is 11.8 Å². The summed E-state index contributed by atoms with van der Waals surface area (Å²) in [6, 6.07) is 8.00. The lowest BCUT2D eigenvalue weighted by molar-refractivity contribution is 0.0475. The number of benzene rings is 1. The van der Waals surface area contributed by atoms with Gasteiger partial charge in [-0.3, -0.25) is 4.90 Å². The van der Waals surface area contributed by atoms with Crippen LogP contribution in [0.3, 0.4) is 0 Å². The minimum Gasteiger partial charge on any atom is -0.453 e. The molecule has 3 aliphatic rings. The average molecular weight is 258 g/mol. The molecule has 0 unspecified atom stereocenters. The van der Waals surface area contributed by atoms with Crippen molar-refractivity contribution in [3.05, 3.63) is 42.0 Å². The van der Waals surface area contributed by atoms with Crippen molar-refractivity contribution in [3.63, 3.8) is 0 Å². The van der Waals surface area contributed by atoms with Gasteiger partial charge in [-0.15, -0.1) is 0 Å². The predicted molar refractivity (Wildman–Crippen MR) is 73.5 cm³/mol. The van der Waals surface area contributed by atoms with Gasteiger partial charge in [0.05, 0.1) is 19.2 Å². The highest BCUT2D eigenvalue weighted by atomic mass is 16.5. The molecule has 1 aromatic carbocycles. The van der Waals surface area contributed by atoms with Gasteiger partial charge in [0.1, 0.15) is 0 Å². The van der Waals surface area contributed by atoms with E-state index in [-0.39, 0.29) is 18.2 Å². The zero-order valence-electron chi connectivity index (χ0n) is 11.0. The summed E-state index contributed by atoms with van der Waals surface area (Å²) < 4.78 is 4.95. The maximum atomic E-state index is 12.1. The second-order valence-corrected chi connectivity index (χ2v) is 5.18. The molecule has 0 saturated carbocycles. The zero-order valence-corrected chi connectivity index (χ0v) is 11.0. The quantitative estimate of drug-likeness (QED) is 0.622. The molecule has 0 aromatic heterocycles. The number of nitrogens with two attached hydrogens (primary N) is 1. The van der Waals surface area contributed by atoms with Crippen molar-refractivity contribution < 1.29 is 9.53 Å². The van der Waals surface area contributed by atoms with Crippen LogP contribution in [0.2, 0.25) is 0 Å². The van der Waals surface area contributed by atoms with E-state index < -0.39 is 0 Å². The van der Waals surface area contributed by atoms with Crippen LogP contribution in [0.15, 0.2) is 36.4 Å². The van der Waals surface area contributed by atoms with Crippen LogP contribution in [0.4, 0.5) is 10.5 Å². The van der Waals surface area contributed by atoms with Gasteiger partial charge in [0.25, 0.3) is 0 Å². The van der Waals surface area contributed by atoms with Crippen LogP contribution < -0.4 is 5.73 Å². The molecule has 100 valence electrons.